The lowest BCUT2D eigenvalue weighted by Gasteiger charge is -2.14. The second-order valence-electron chi connectivity index (χ2n) is 14.7. The van der Waals surface area contributed by atoms with Crippen molar-refractivity contribution in [2.24, 2.45) is 0 Å². The van der Waals surface area contributed by atoms with Crippen LogP contribution in [-0.2, 0) is 0 Å². The smallest absolute Gasteiger partial charge is 0.238 e. The van der Waals surface area contributed by atoms with Gasteiger partial charge in [-0.25, -0.2) is 4.98 Å². The van der Waals surface area contributed by atoms with Gasteiger partial charge in [-0.3, -0.25) is 4.57 Å². The number of hydrogen-bond donors (Lipinski definition) is 0. The summed E-state index contributed by atoms with van der Waals surface area (Å²) in [7, 11) is 0. The number of benzene rings is 8. The zero-order valence-electron chi connectivity index (χ0n) is 30.4. The summed E-state index contributed by atoms with van der Waals surface area (Å²) in [5.74, 6) is 1.98. The Hall–Kier alpha value is -7.37. The Labute approximate surface area is 322 Å². The van der Waals surface area contributed by atoms with Gasteiger partial charge in [-0.15, -0.1) is 0 Å². The lowest BCUT2D eigenvalue weighted by atomic mass is 9.96. The molecule has 0 saturated carbocycles. The van der Waals surface area contributed by atoms with Crippen molar-refractivity contribution in [3.63, 3.8) is 0 Å². The van der Waals surface area contributed by atoms with Gasteiger partial charge in [-0.05, 0) is 58.2 Å². The van der Waals surface area contributed by atoms with Gasteiger partial charge in [0, 0.05) is 43.6 Å². The first-order chi connectivity index (χ1) is 27.8. The highest BCUT2D eigenvalue weighted by Crippen LogP contribution is 2.47. The van der Waals surface area contributed by atoms with E-state index in [1.165, 1.54) is 54.1 Å². The molecular formula is C51H33N5. The van der Waals surface area contributed by atoms with Crippen molar-refractivity contribution in [2.75, 3.05) is 0 Å². The summed E-state index contributed by atoms with van der Waals surface area (Å²) < 4.78 is 4.81. The molecule has 5 nitrogen and oxygen atoms in total. The monoisotopic (exact) mass is 715 g/mol. The lowest BCUT2D eigenvalue weighted by Crippen LogP contribution is -2.08. The maximum absolute atomic E-state index is 5.35. The molecule has 0 radical (unpaired) electrons. The van der Waals surface area contributed by atoms with Crippen molar-refractivity contribution in [1.82, 2.24) is 24.1 Å². The van der Waals surface area contributed by atoms with Gasteiger partial charge in [0.05, 0.1) is 22.1 Å². The van der Waals surface area contributed by atoms with Gasteiger partial charge in [0.15, 0.2) is 11.6 Å². The summed E-state index contributed by atoms with van der Waals surface area (Å²) in [5, 5.41) is 12.1. The number of hydrogen-bond acceptors (Lipinski definition) is 3. The maximum Gasteiger partial charge on any atom is 0.238 e. The molecule has 0 N–H and O–H groups in total. The molecule has 0 saturated heterocycles. The van der Waals surface area contributed by atoms with Crippen molar-refractivity contribution in [2.45, 2.75) is 12.8 Å². The van der Waals surface area contributed by atoms with Crippen LogP contribution in [0.25, 0.3) is 105 Å². The Bertz CT molecular complexity index is 3460. The second kappa shape index (κ2) is 12.1. The highest BCUT2D eigenvalue weighted by atomic mass is 15.2. The predicted octanol–water partition coefficient (Wildman–Crippen LogP) is 12.9. The minimum absolute atomic E-state index is 0.610. The van der Waals surface area contributed by atoms with E-state index in [0.29, 0.717) is 17.6 Å². The molecule has 3 aromatic heterocycles. The van der Waals surface area contributed by atoms with E-state index in [-0.39, 0.29) is 0 Å². The summed E-state index contributed by atoms with van der Waals surface area (Å²) >= 11 is 0. The summed E-state index contributed by atoms with van der Waals surface area (Å²) in [6, 6.07) is 56.7. The average Bonchev–Trinajstić information content (AvgIpc) is 3.81. The molecule has 1 aliphatic carbocycles. The molecule has 0 unspecified atom stereocenters. The predicted molar refractivity (Wildman–Crippen MR) is 233 cm³/mol. The van der Waals surface area contributed by atoms with Crippen LogP contribution in [0.4, 0.5) is 0 Å². The topological polar surface area (TPSA) is 48.5 Å². The molecular weight excluding hydrogens is 683 g/mol. The SMILES string of the molecule is C1=CCCC(c2nc(-c3ccccc3)nc(-n3c4ccc5c6c7ccccc7c7ccccc7c6n(-c6ccccc6)c5c4c4ccc5ccccc5c43)n2)=C1. The molecule has 0 fully saturated rings. The van der Waals surface area contributed by atoms with E-state index in [4.69, 9.17) is 15.0 Å². The summed E-state index contributed by atoms with van der Waals surface area (Å²) in [6.07, 6.45) is 8.30. The molecule has 0 bridgehead atoms. The Morgan fingerprint density at radius 3 is 1.84 bits per heavy atom. The van der Waals surface area contributed by atoms with Crippen molar-refractivity contribution in [3.05, 3.63) is 182 Å². The quantitative estimate of drug-likeness (QED) is 0.170. The van der Waals surface area contributed by atoms with E-state index in [1.807, 2.05) is 18.2 Å². The van der Waals surface area contributed by atoms with Crippen molar-refractivity contribution in [3.8, 4) is 23.0 Å². The van der Waals surface area contributed by atoms with Crippen molar-refractivity contribution in [1.29, 1.82) is 0 Å². The number of para-hydroxylation sites is 1. The van der Waals surface area contributed by atoms with Crippen LogP contribution in [0, 0.1) is 0 Å². The van der Waals surface area contributed by atoms with E-state index in [2.05, 4.69) is 167 Å². The molecule has 0 aliphatic heterocycles. The Morgan fingerprint density at radius 2 is 1.05 bits per heavy atom. The van der Waals surface area contributed by atoms with Gasteiger partial charge in [0.25, 0.3) is 0 Å². The zero-order chi connectivity index (χ0) is 36.7. The minimum atomic E-state index is 0.610. The first-order valence-corrected chi connectivity index (χ1v) is 19.3. The summed E-state index contributed by atoms with van der Waals surface area (Å²) in [5.41, 5.74) is 7.70. The Balaban J connectivity index is 1.32. The maximum atomic E-state index is 5.35. The van der Waals surface area contributed by atoms with E-state index >= 15 is 0 Å². The molecule has 0 atom stereocenters. The van der Waals surface area contributed by atoms with Gasteiger partial charge in [-0.2, -0.15) is 9.97 Å². The number of allylic oxidation sites excluding steroid dienone is 4. The van der Waals surface area contributed by atoms with Crippen LogP contribution in [0.2, 0.25) is 0 Å². The van der Waals surface area contributed by atoms with Crippen LogP contribution in [0.3, 0.4) is 0 Å². The molecule has 5 heteroatoms. The molecule has 8 aromatic carbocycles. The fourth-order valence-electron chi connectivity index (χ4n) is 9.18. The number of aromatic nitrogens is 5. The number of nitrogens with zero attached hydrogens (tertiary/aromatic N) is 5. The Kier molecular flexibility index (Phi) is 6.69. The van der Waals surface area contributed by atoms with Crippen LogP contribution >= 0.6 is 0 Å². The standard InChI is InChI=1S/C51H33N5/c1-4-17-33(18-5-1)49-52-50(34-19-6-2-7-20-34)54-51(53-49)56-43-31-30-41-44-39-26-14-12-24-37(39)38-25-13-15-27-40(38)47(44)55(35-21-8-3-9-22-35)48(41)45(43)42-29-28-32-16-10-11-23-36(32)46(42)56/h1-6,8-19,21-31H,7,20H2. The molecule has 0 spiro atoms. The van der Waals surface area contributed by atoms with Gasteiger partial charge in [0.1, 0.15) is 0 Å². The third kappa shape index (κ3) is 4.45. The third-order valence-corrected chi connectivity index (χ3v) is 11.6. The van der Waals surface area contributed by atoms with Crippen molar-refractivity contribution >= 4 is 81.5 Å². The van der Waals surface area contributed by atoms with Gasteiger partial charge >= 0.3 is 0 Å². The Morgan fingerprint density at radius 1 is 0.429 bits per heavy atom. The minimum Gasteiger partial charge on any atom is -0.308 e. The van der Waals surface area contributed by atoms with Crippen molar-refractivity contribution < 1.29 is 0 Å². The molecule has 12 rings (SSSR count). The molecule has 3 heterocycles. The van der Waals surface area contributed by atoms with Gasteiger partial charge in [-0.1, -0.05) is 158 Å². The molecule has 56 heavy (non-hydrogen) atoms. The summed E-state index contributed by atoms with van der Waals surface area (Å²) in [4.78, 5) is 15.8. The van der Waals surface area contributed by atoms with Crippen LogP contribution < -0.4 is 0 Å². The lowest BCUT2D eigenvalue weighted by molar-refractivity contribution is 0.914. The van der Waals surface area contributed by atoms with Crippen LogP contribution in [-0.4, -0.2) is 24.1 Å². The fraction of sp³-hybridized carbons (Fsp3) is 0.0392. The van der Waals surface area contributed by atoms with Crippen LogP contribution in [0.5, 0.6) is 0 Å². The fourth-order valence-corrected chi connectivity index (χ4v) is 9.18. The first-order valence-electron chi connectivity index (χ1n) is 19.3. The molecule has 262 valence electrons. The van der Waals surface area contributed by atoms with E-state index in [9.17, 15) is 0 Å². The van der Waals surface area contributed by atoms with E-state index in [0.717, 1.165) is 51.5 Å². The van der Waals surface area contributed by atoms with Crippen LogP contribution in [0.15, 0.2) is 176 Å². The highest BCUT2D eigenvalue weighted by molar-refractivity contribution is 6.36. The zero-order valence-corrected chi connectivity index (χ0v) is 30.4. The average molecular weight is 716 g/mol. The summed E-state index contributed by atoms with van der Waals surface area (Å²) in [6.45, 7) is 0. The van der Waals surface area contributed by atoms with E-state index in [1.54, 1.807) is 0 Å². The van der Waals surface area contributed by atoms with E-state index < -0.39 is 0 Å². The first kappa shape index (κ1) is 31.0. The molecule has 1 aliphatic rings. The normalized spacial score (nSPS) is 13.2. The number of rotatable bonds is 4. The van der Waals surface area contributed by atoms with Gasteiger partial charge in [0.2, 0.25) is 5.95 Å². The second-order valence-corrected chi connectivity index (χ2v) is 14.7. The largest absolute Gasteiger partial charge is 0.308 e. The molecule has 11 aromatic rings. The third-order valence-electron chi connectivity index (χ3n) is 11.6. The molecule has 0 amide bonds. The van der Waals surface area contributed by atoms with Gasteiger partial charge < -0.3 is 4.57 Å². The van der Waals surface area contributed by atoms with Crippen LogP contribution in [0.1, 0.15) is 18.7 Å². The number of fused-ring (bicyclic) bond motifs is 14. The highest BCUT2D eigenvalue weighted by Gasteiger charge is 2.26.